The third kappa shape index (κ3) is 7.22. The van der Waals surface area contributed by atoms with Gasteiger partial charge in [-0.05, 0) is 18.6 Å². The van der Waals surface area contributed by atoms with Crippen molar-refractivity contribution in [3.05, 3.63) is 30.1 Å². The Morgan fingerprint density at radius 1 is 1.24 bits per heavy atom. The van der Waals surface area contributed by atoms with Crippen LogP contribution >= 0.6 is 0 Å². The Morgan fingerprint density at radius 3 is 2.55 bits per heavy atom. The fourth-order valence-corrected chi connectivity index (χ4v) is 4.68. The summed E-state index contributed by atoms with van der Waals surface area (Å²) < 4.78 is 40.8. The molecule has 1 saturated heterocycles. The highest BCUT2D eigenvalue weighted by Crippen LogP contribution is 2.21. The number of hydrogen-bond donors (Lipinski definition) is 2. The molecule has 1 fully saturated rings. The molecule has 2 rings (SSSR count). The molecule has 0 spiro atoms. The second kappa shape index (κ2) is 11.0. The van der Waals surface area contributed by atoms with Crippen LogP contribution in [0.5, 0.6) is 0 Å². The lowest BCUT2D eigenvalue weighted by atomic mass is 10.2. The smallest absolute Gasteiger partial charge is 0.405 e. The van der Waals surface area contributed by atoms with E-state index in [1.807, 2.05) is 4.90 Å². The van der Waals surface area contributed by atoms with Gasteiger partial charge in [-0.15, -0.1) is 5.92 Å². The standard InChI is InChI=1S/C20H28FN3O4S/c1-2-3-4-5-6-9-17(22-20(25)26)16-29(27,28)24-14-12-23(13-15-24)19-11-8-7-10-18(19)21/h7-8,10-11,17,22H,2-5,12-16H2,1H3,(H,25,26). The van der Waals surface area contributed by atoms with Gasteiger partial charge in [-0.1, -0.05) is 37.8 Å². The SMILES string of the molecule is CCCCCC#CC(CS(=O)(=O)N1CCN(c2ccccc2F)CC1)NC(=O)O. The van der Waals surface area contributed by atoms with E-state index < -0.39 is 27.9 Å². The Kier molecular flexibility index (Phi) is 8.73. The highest BCUT2D eigenvalue weighted by atomic mass is 32.2. The molecule has 0 radical (unpaired) electrons. The molecule has 1 aromatic carbocycles. The number of para-hydroxylation sites is 1. The van der Waals surface area contributed by atoms with Crippen molar-refractivity contribution in [2.75, 3.05) is 36.8 Å². The maximum absolute atomic E-state index is 13.9. The van der Waals surface area contributed by atoms with Gasteiger partial charge in [-0.3, -0.25) is 0 Å². The molecule has 1 unspecified atom stereocenters. The molecular weight excluding hydrogens is 397 g/mol. The summed E-state index contributed by atoms with van der Waals surface area (Å²) in [6.07, 6.45) is 2.26. The highest BCUT2D eigenvalue weighted by molar-refractivity contribution is 7.89. The van der Waals surface area contributed by atoms with Gasteiger partial charge in [0, 0.05) is 32.6 Å². The van der Waals surface area contributed by atoms with Crippen molar-refractivity contribution in [2.24, 2.45) is 0 Å². The van der Waals surface area contributed by atoms with Crippen LogP contribution in [0.3, 0.4) is 0 Å². The first-order chi connectivity index (χ1) is 13.8. The van der Waals surface area contributed by atoms with Gasteiger partial charge in [0.25, 0.3) is 0 Å². The number of rotatable bonds is 8. The molecule has 160 valence electrons. The number of unbranched alkanes of at least 4 members (excludes halogenated alkanes) is 3. The van der Waals surface area contributed by atoms with E-state index in [0.717, 1.165) is 19.3 Å². The van der Waals surface area contributed by atoms with Crippen molar-refractivity contribution >= 4 is 21.8 Å². The second-order valence-corrected chi connectivity index (χ2v) is 8.91. The predicted octanol–water partition coefficient (Wildman–Crippen LogP) is 2.50. The normalized spacial score (nSPS) is 16.0. The predicted molar refractivity (Wildman–Crippen MR) is 111 cm³/mol. The number of nitrogens with one attached hydrogen (secondary N) is 1. The summed E-state index contributed by atoms with van der Waals surface area (Å²) in [5.74, 6) is 4.86. The summed E-state index contributed by atoms with van der Waals surface area (Å²) in [5.41, 5.74) is 0.452. The van der Waals surface area contributed by atoms with Crippen LogP contribution in [-0.2, 0) is 10.0 Å². The van der Waals surface area contributed by atoms with Gasteiger partial charge in [0.2, 0.25) is 10.0 Å². The molecule has 1 amide bonds. The van der Waals surface area contributed by atoms with Gasteiger partial charge in [-0.2, -0.15) is 4.31 Å². The first kappa shape index (κ1) is 23.0. The number of amides is 1. The zero-order chi connectivity index (χ0) is 21.3. The maximum Gasteiger partial charge on any atom is 0.405 e. The number of sulfonamides is 1. The van der Waals surface area contributed by atoms with E-state index in [9.17, 15) is 17.6 Å². The first-order valence-electron chi connectivity index (χ1n) is 9.78. The molecule has 29 heavy (non-hydrogen) atoms. The Hall–Kier alpha value is -2.31. The molecule has 2 N–H and O–H groups in total. The van der Waals surface area contributed by atoms with Gasteiger partial charge in [0.1, 0.15) is 11.9 Å². The molecule has 0 saturated carbocycles. The van der Waals surface area contributed by atoms with Crippen LogP contribution < -0.4 is 10.2 Å². The van der Waals surface area contributed by atoms with Crippen molar-refractivity contribution in [3.63, 3.8) is 0 Å². The Morgan fingerprint density at radius 2 is 1.93 bits per heavy atom. The highest BCUT2D eigenvalue weighted by Gasteiger charge is 2.30. The number of carboxylic acid groups (broad SMARTS) is 1. The lowest BCUT2D eigenvalue weighted by Gasteiger charge is -2.35. The van der Waals surface area contributed by atoms with Gasteiger partial charge in [-0.25, -0.2) is 17.6 Å². The molecule has 0 aromatic heterocycles. The molecule has 1 heterocycles. The van der Waals surface area contributed by atoms with E-state index in [4.69, 9.17) is 5.11 Å². The minimum atomic E-state index is -3.71. The number of halogens is 1. The third-order valence-corrected chi connectivity index (χ3v) is 6.59. The van der Waals surface area contributed by atoms with Gasteiger partial charge >= 0.3 is 6.09 Å². The van der Waals surface area contributed by atoms with E-state index in [1.165, 1.54) is 10.4 Å². The van der Waals surface area contributed by atoms with Gasteiger partial charge < -0.3 is 15.3 Å². The van der Waals surface area contributed by atoms with Crippen LogP contribution in [0.15, 0.2) is 24.3 Å². The Labute approximate surface area is 171 Å². The second-order valence-electron chi connectivity index (χ2n) is 6.90. The summed E-state index contributed by atoms with van der Waals surface area (Å²) in [7, 11) is -3.71. The van der Waals surface area contributed by atoms with Crippen molar-refractivity contribution in [2.45, 2.75) is 38.6 Å². The van der Waals surface area contributed by atoms with E-state index in [0.29, 0.717) is 25.2 Å². The molecular formula is C20H28FN3O4S. The summed E-state index contributed by atoms with van der Waals surface area (Å²) in [6.45, 7) is 3.21. The van der Waals surface area contributed by atoms with Crippen molar-refractivity contribution in [1.82, 2.24) is 9.62 Å². The van der Waals surface area contributed by atoms with Crippen LogP contribution in [0.2, 0.25) is 0 Å². The van der Waals surface area contributed by atoms with E-state index in [2.05, 4.69) is 24.1 Å². The van der Waals surface area contributed by atoms with Crippen molar-refractivity contribution in [3.8, 4) is 11.8 Å². The molecule has 9 heteroatoms. The molecule has 1 aliphatic heterocycles. The number of hydrogen-bond acceptors (Lipinski definition) is 4. The fraction of sp³-hybridized carbons (Fsp3) is 0.550. The minimum Gasteiger partial charge on any atom is -0.465 e. The van der Waals surface area contributed by atoms with E-state index in [-0.39, 0.29) is 18.9 Å². The summed E-state index contributed by atoms with van der Waals surface area (Å²) in [4.78, 5) is 12.8. The topological polar surface area (TPSA) is 90.0 Å². The molecule has 1 atom stereocenters. The van der Waals surface area contributed by atoms with Gasteiger partial charge in [0.15, 0.2) is 0 Å². The zero-order valence-electron chi connectivity index (χ0n) is 16.6. The van der Waals surface area contributed by atoms with Crippen LogP contribution in [0.4, 0.5) is 14.9 Å². The lowest BCUT2D eigenvalue weighted by Crippen LogP contribution is -2.51. The van der Waals surface area contributed by atoms with Crippen LogP contribution in [0.1, 0.15) is 32.6 Å². The number of anilines is 1. The van der Waals surface area contributed by atoms with E-state index in [1.54, 1.807) is 18.2 Å². The minimum absolute atomic E-state index is 0.209. The average Bonchev–Trinajstić information content (AvgIpc) is 2.67. The number of piperazine rings is 1. The number of carbonyl (C=O) groups is 1. The number of benzene rings is 1. The largest absolute Gasteiger partial charge is 0.465 e. The number of nitrogens with zero attached hydrogens (tertiary/aromatic N) is 2. The lowest BCUT2D eigenvalue weighted by molar-refractivity contribution is 0.193. The molecule has 1 aromatic rings. The Balaban J connectivity index is 1.97. The molecule has 7 nitrogen and oxygen atoms in total. The summed E-state index contributed by atoms with van der Waals surface area (Å²) >= 11 is 0. The summed E-state index contributed by atoms with van der Waals surface area (Å²) in [6, 6.07) is 5.41. The average molecular weight is 426 g/mol. The van der Waals surface area contributed by atoms with Crippen LogP contribution in [-0.4, -0.2) is 61.9 Å². The maximum atomic E-state index is 13.9. The first-order valence-corrected chi connectivity index (χ1v) is 11.4. The van der Waals surface area contributed by atoms with Gasteiger partial charge in [0.05, 0.1) is 11.4 Å². The third-order valence-electron chi connectivity index (χ3n) is 4.68. The quantitative estimate of drug-likeness (QED) is 0.493. The van der Waals surface area contributed by atoms with E-state index >= 15 is 0 Å². The fourth-order valence-electron chi connectivity index (χ4n) is 3.16. The van der Waals surface area contributed by atoms with Crippen molar-refractivity contribution < 1.29 is 22.7 Å². The molecule has 0 bridgehead atoms. The molecule has 0 aliphatic carbocycles. The Bertz CT molecular complexity index is 843. The van der Waals surface area contributed by atoms with Crippen LogP contribution in [0, 0.1) is 17.7 Å². The monoisotopic (exact) mass is 425 g/mol. The summed E-state index contributed by atoms with van der Waals surface area (Å²) in [5, 5.41) is 11.2. The zero-order valence-corrected chi connectivity index (χ0v) is 17.4. The van der Waals surface area contributed by atoms with Crippen molar-refractivity contribution in [1.29, 1.82) is 0 Å². The van der Waals surface area contributed by atoms with Crippen LogP contribution in [0.25, 0.3) is 0 Å². The molecule has 1 aliphatic rings.